The summed E-state index contributed by atoms with van der Waals surface area (Å²) >= 11 is 0. The van der Waals surface area contributed by atoms with E-state index in [0.29, 0.717) is 5.69 Å². The van der Waals surface area contributed by atoms with Gasteiger partial charge in [0.05, 0.1) is 18.2 Å². The summed E-state index contributed by atoms with van der Waals surface area (Å²) in [5.74, 6) is 0. The highest BCUT2D eigenvalue weighted by Gasteiger charge is 2.20. The number of aliphatic hydroxyl groups is 1. The lowest BCUT2D eigenvalue weighted by Crippen LogP contribution is -2.09. The molecule has 1 N–H and O–H groups in total. The van der Waals surface area contributed by atoms with Gasteiger partial charge in [0.25, 0.3) is 0 Å². The van der Waals surface area contributed by atoms with Crippen molar-refractivity contribution in [2.24, 2.45) is 0 Å². The summed E-state index contributed by atoms with van der Waals surface area (Å²) in [4.78, 5) is 0. The summed E-state index contributed by atoms with van der Waals surface area (Å²) < 4.78 is 7.19. The van der Waals surface area contributed by atoms with Crippen molar-refractivity contribution >= 4 is 11.0 Å². The highest BCUT2D eigenvalue weighted by molar-refractivity contribution is 5.81. The number of furan rings is 1. The van der Waals surface area contributed by atoms with Crippen LogP contribution in [0.25, 0.3) is 11.0 Å². The predicted octanol–water partition coefficient (Wildman–Crippen LogP) is 2.52. The Kier molecular flexibility index (Phi) is 3.05. The van der Waals surface area contributed by atoms with Crippen molar-refractivity contribution in [2.75, 3.05) is 0 Å². The summed E-state index contributed by atoms with van der Waals surface area (Å²) in [6.45, 7) is 2.80. The fraction of sp³-hybridized carbons (Fsp3) is 0.286. The number of fused-ring (bicyclic) bond motifs is 1. The molecule has 0 radical (unpaired) electrons. The van der Waals surface area contributed by atoms with E-state index in [9.17, 15) is 5.11 Å². The second-order valence-corrected chi connectivity index (χ2v) is 4.47. The van der Waals surface area contributed by atoms with E-state index in [1.165, 1.54) is 0 Å². The quantitative estimate of drug-likeness (QED) is 0.780. The van der Waals surface area contributed by atoms with Crippen molar-refractivity contribution in [1.29, 1.82) is 0 Å². The van der Waals surface area contributed by atoms with Gasteiger partial charge < -0.3 is 9.52 Å². The number of nitrogens with zero attached hydrogens (tertiary/aromatic N) is 3. The minimum atomic E-state index is -0.773. The molecule has 1 unspecified atom stereocenters. The molecule has 98 valence electrons. The largest absolute Gasteiger partial charge is 0.464 e. The van der Waals surface area contributed by atoms with Gasteiger partial charge in [0.15, 0.2) is 0 Å². The molecule has 0 saturated carbocycles. The Morgan fingerprint density at radius 1 is 1.37 bits per heavy atom. The topological polar surface area (TPSA) is 64.1 Å². The van der Waals surface area contributed by atoms with Crippen molar-refractivity contribution in [3.63, 3.8) is 0 Å². The highest BCUT2D eigenvalue weighted by atomic mass is 16.3. The van der Waals surface area contributed by atoms with Crippen molar-refractivity contribution < 1.29 is 9.52 Å². The van der Waals surface area contributed by atoms with E-state index in [0.717, 1.165) is 29.5 Å². The Hall–Kier alpha value is -2.14. The van der Waals surface area contributed by atoms with Crippen molar-refractivity contribution in [2.45, 2.75) is 26.0 Å². The van der Waals surface area contributed by atoms with Gasteiger partial charge in [-0.1, -0.05) is 30.3 Å². The first-order chi connectivity index (χ1) is 9.31. The van der Waals surface area contributed by atoms with Crippen LogP contribution >= 0.6 is 0 Å². The van der Waals surface area contributed by atoms with Crippen LogP contribution in [0.1, 0.15) is 30.7 Å². The Balaban J connectivity index is 2.03. The van der Waals surface area contributed by atoms with Gasteiger partial charge in [0, 0.05) is 17.5 Å². The molecule has 0 saturated heterocycles. The number of aliphatic hydroxyl groups excluding tert-OH is 1. The number of benzene rings is 1. The third kappa shape index (κ3) is 2.02. The average molecular weight is 257 g/mol. The summed E-state index contributed by atoms with van der Waals surface area (Å²) in [7, 11) is 0. The van der Waals surface area contributed by atoms with Crippen LogP contribution in [0.3, 0.4) is 0 Å². The van der Waals surface area contributed by atoms with Gasteiger partial charge >= 0.3 is 0 Å². The molecule has 3 aromatic rings. The SMILES string of the molecule is CCCn1nncc1C(O)c1coc2ccccc12. The molecule has 0 amide bonds. The molecule has 19 heavy (non-hydrogen) atoms. The minimum Gasteiger partial charge on any atom is -0.464 e. The van der Waals surface area contributed by atoms with Crippen molar-refractivity contribution in [1.82, 2.24) is 15.0 Å². The summed E-state index contributed by atoms with van der Waals surface area (Å²) in [5.41, 5.74) is 2.20. The van der Waals surface area contributed by atoms with E-state index in [-0.39, 0.29) is 0 Å². The van der Waals surface area contributed by atoms with Gasteiger partial charge in [-0.15, -0.1) is 5.10 Å². The maximum Gasteiger partial charge on any atom is 0.134 e. The van der Waals surface area contributed by atoms with Gasteiger partial charge in [0.2, 0.25) is 0 Å². The molecule has 0 aliphatic rings. The van der Waals surface area contributed by atoms with Crippen LogP contribution in [0.2, 0.25) is 0 Å². The molecule has 1 atom stereocenters. The molecule has 5 heteroatoms. The van der Waals surface area contributed by atoms with E-state index >= 15 is 0 Å². The Morgan fingerprint density at radius 2 is 2.21 bits per heavy atom. The summed E-state index contributed by atoms with van der Waals surface area (Å²) in [6, 6.07) is 7.65. The predicted molar refractivity (Wildman–Crippen MR) is 70.6 cm³/mol. The van der Waals surface area contributed by atoms with Gasteiger partial charge in [-0.3, -0.25) is 0 Å². The fourth-order valence-electron chi connectivity index (χ4n) is 2.23. The monoisotopic (exact) mass is 257 g/mol. The zero-order valence-electron chi connectivity index (χ0n) is 10.7. The zero-order valence-corrected chi connectivity index (χ0v) is 10.7. The Morgan fingerprint density at radius 3 is 3.05 bits per heavy atom. The zero-order chi connectivity index (χ0) is 13.2. The highest BCUT2D eigenvalue weighted by Crippen LogP contribution is 2.29. The lowest BCUT2D eigenvalue weighted by Gasteiger charge is -2.10. The first kappa shape index (κ1) is 11.9. The Labute approximate surface area is 110 Å². The molecule has 2 aromatic heterocycles. The van der Waals surface area contributed by atoms with Gasteiger partial charge in [-0.05, 0) is 12.5 Å². The van der Waals surface area contributed by atoms with Gasteiger partial charge in [0.1, 0.15) is 11.7 Å². The lowest BCUT2D eigenvalue weighted by molar-refractivity contribution is 0.207. The van der Waals surface area contributed by atoms with E-state index in [1.807, 2.05) is 24.3 Å². The standard InChI is InChI=1S/C14H15N3O2/c1-2-7-17-12(8-15-16-17)14(18)11-9-19-13-6-4-3-5-10(11)13/h3-6,8-9,14,18H,2,7H2,1H3. The summed E-state index contributed by atoms with van der Waals surface area (Å²) in [6.07, 6.45) is 3.36. The van der Waals surface area contributed by atoms with Crippen LogP contribution in [0.4, 0.5) is 0 Å². The summed E-state index contributed by atoms with van der Waals surface area (Å²) in [5, 5.41) is 19.3. The maximum absolute atomic E-state index is 10.5. The van der Waals surface area contributed by atoms with E-state index in [4.69, 9.17) is 4.42 Å². The van der Waals surface area contributed by atoms with Crippen LogP contribution in [-0.2, 0) is 6.54 Å². The van der Waals surface area contributed by atoms with E-state index < -0.39 is 6.10 Å². The number of para-hydroxylation sites is 1. The molecule has 0 bridgehead atoms. The smallest absolute Gasteiger partial charge is 0.134 e. The van der Waals surface area contributed by atoms with E-state index in [2.05, 4.69) is 17.2 Å². The van der Waals surface area contributed by atoms with Crippen molar-refractivity contribution in [3.8, 4) is 0 Å². The second kappa shape index (κ2) is 4.85. The number of rotatable bonds is 4. The third-order valence-electron chi connectivity index (χ3n) is 3.17. The number of hydrogen-bond donors (Lipinski definition) is 1. The second-order valence-electron chi connectivity index (χ2n) is 4.47. The molecule has 5 nitrogen and oxygen atoms in total. The molecular weight excluding hydrogens is 242 g/mol. The molecule has 0 fully saturated rings. The number of aromatic nitrogens is 3. The maximum atomic E-state index is 10.5. The molecular formula is C14H15N3O2. The van der Waals surface area contributed by atoms with Crippen LogP contribution in [0.15, 0.2) is 41.1 Å². The lowest BCUT2D eigenvalue weighted by atomic mass is 10.1. The molecule has 0 aliphatic carbocycles. The van der Waals surface area contributed by atoms with Gasteiger partial charge in [-0.2, -0.15) is 0 Å². The number of hydrogen-bond acceptors (Lipinski definition) is 4. The molecule has 0 aliphatic heterocycles. The third-order valence-corrected chi connectivity index (χ3v) is 3.17. The Bertz CT molecular complexity index is 687. The first-order valence-corrected chi connectivity index (χ1v) is 6.34. The van der Waals surface area contributed by atoms with Crippen LogP contribution in [-0.4, -0.2) is 20.1 Å². The van der Waals surface area contributed by atoms with E-state index in [1.54, 1.807) is 17.1 Å². The van der Waals surface area contributed by atoms with Crippen molar-refractivity contribution in [3.05, 3.63) is 48.0 Å². The normalized spacial score (nSPS) is 12.9. The molecule has 3 rings (SSSR count). The fourth-order valence-corrected chi connectivity index (χ4v) is 2.23. The van der Waals surface area contributed by atoms with Crippen LogP contribution in [0, 0.1) is 0 Å². The average Bonchev–Trinajstić information content (AvgIpc) is 3.04. The van der Waals surface area contributed by atoms with Crippen LogP contribution < -0.4 is 0 Å². The molecule has 0 spiro atoms. The first-order valence-electron chi connectivity index (χ1n) is 6.34. The van der Waals surface area contributed by atoms with Crippen LogP contribution in [0.5, 0.6) is 0 Å². The number of aryl methyl sites for hydroxylation is 1. The molecule has 1 aromatic carbocycles. The minimum absolute atomic E-state index is 0.688. The molecule has 2 heterocycles. The van der Waals surface area contributed by atoms with Gasteiger partial charge in [-0.25, -0.2) is 4.68 Å².